The molecule has 0 fully saturated rings. The Balaban J connectivity index is 4.64. The highest BCUT2D eigenvalue weighted by Gasteiger charge is 2.43. The highest BCUT2D eigenvalue weighted by molar-refractivity contribution is 9.09. The Morgan fingerprint density at radius 2 is 1.77 bits per heavy atom. The lowest BCUT2D eigenvalue weighted by atomic mass is 9.69. The molecule has 0 saturated heterocycles. The van der Waals surface area contributed by atoms with Crippen LogP contribution in [0.2, 0.25) is 0 Å². The van der Waals surface area contributed by atoms with Crippen LogP contribution < -0.4 is 0 Å². The number of carbonyl (C=O) groups is 1. The number of hydrogen-bond donors (Lipinski definition) is 0. The van der Waals surface area contributed by atoms with Crippen LogP contribution >= 0.6 is 15.9 Å². The second-order valence-electron chi connectivity index (χ2n) is 4.36. The standard InChI is InChI=1S/C10H19BrO2/c1-6-13-8(12)10(4,5)9(2,3)7-11/h6-7H2,1-5H3. The summed E-state index contributed by atoms with van der Waals surface area (Å²) in [6.07, 6.45) is 0. The molecule has 0 N–H and O–H groups in total. The van der Waals surface area contributed by atoms with E-state index in [0.717, 1.165) is 5.33 Å². The van der Waals surface area contributed by atoms with Crippen LogP contribution in [0.1, 0.15) is 34.6 Å². The van der Waals surface area contributed by atoms with E-state index >= 15 is 0 Å². The summed E-state index contributed by atoms with van der Waals surface area (Å²) in [6.45, 7) is 10.2. The number of carbonyl (C=O) groups excluding carboxylic acids is 1. The van der Waals surface area contributed by atoms with E-state index in [0.29, 0.717) is 6.61 Å². The van der Waals surface area contributed by atoms with Gasteiger partial charge < -0.3 is 4.74 Å². The quantitative estimate of drug-likeness (QED) is 0.567. The zero-order valence-electron chi connectivity index (χ0n) is 9.11. The Bertz CT molecular complexity index is 185. The molecule has 0 radical (unpaired) electrons. The monoisotopic (exact) mass is 250 g/mol. The Morgan fingerprint density at radius 3 is 2.08 bits per heavy atom. The largest absolute Gasteiger partial charge is 0.466 e. The highest BCUT2D eigenvalue weighted by atomic mass is 79.9. The molecule has 3 heteroatoms. The van der Waals surface area contributed by atoms with Crippen molar-refractivity contribution in [2.45, 2.75) is 34.6 Å². The van der Waals surface area contributed by atoms with Crippen molar-refractivity contribution in [3.63, 3.8) is 0 Å². The number of ether oxygens (including phenoxy) is 1. The maximum atomic E-state index is 11.6. The average molecular weight is 251 g/mol. The molecule has 0 spiro atoms. The minimum absolute atomic E-state index is 0.0980. The molecule has 0 aliphatic rings. The fraction of sp³-hybridized carbons (Fsp3) is 0.900. The minimum atomic E-state index is -0.452. The van der Waals surface area contributed by atoms with Gasteiger partial charge >= 0.3 is 5.97 Å². The Morgan fingerprint density at radius 1 is 1.31 bits per heavy atom. The second-order valence-corrected chi connectivity index (χ2v) is 4.92. The third-order valence-corrected chi connectivity index (χ3v) is 4.21. The predicted octanol–water partition coefficient (Wildman–Crippen LogP) is 3.00. The zero-order chi connectivity index (χ0) is 10.7. The van der Waals surface area contributed by atoms with Crippen molar-refractivity contribution < 1.29 is 9.53 Å². The molecule has 78 valence electrons. The van der Waals surface area contributed by atoms with E-state index in [4.69, 9.17) is 4.74 Å². The van der Waals surface area contributed by atoms with E-state index in [1.165, 1.54) is 0 Å². The molecule has 0 aliphatic carbocycles. The first kappa shape index (κ1) is 12.9. The normalized spacial score (nSPS) is 12.8. The van der Waals surface area contributed by atoms with Gasteiger partial charge in [-0.2, -0.15) is 0 Å². The first-order chi connectivity index (χ1) is 5.79. The first-order valence-corrected chi connectivity index (χ1v) is 5.65. The second kappa shape index (κ2) is 4.45. The van der Waals surface area contributed by atoms with Crippen molar-refractivity contribution in [3.8, 4) is 0 Å². The molecule has 0 amide bonds. The van der Waals surface area contributed by atoms with Crippen LogP contribution in [0.25, 0.3) is 0 Å². The van der Waals surface area contributed by atoms with E-state index in [9.17, 15) is 4.79 Å². The van der Waals surface area contributed by atoms with Gasteiger partial charge in [0.25, 0.3) is 0 Å². The van der Waals surface area contributed by atoms with E-state index in [1.807, 2.05) is 20.8 Å². The number of rotatable bonds is 4. The Labute approximate surface area is 89.2 Å². The molecule has 0 aromatic carbocycles. The van der Waals surface area contributed by atoms with Crippen LogP contribution in [0.4, 0.5) is 0 Å². The molecule has 0 aromatic heterocycles. The number of alkyl halides is 1. The van der Waals surface area contributed by atoms with Crippen LogP contribution in [0, 0.1) is 10.8 Å². The first-order valence-electron chi connectivity index (χ1n) is 4.52. The summed E-state index contributed by atoms with van der Waals surface area (Å²) in [4.78, 5) is 11.6. The molecule has 0 heterocycles. The summed E-state index contributed by atoms with van der Waals surface area (Å²) in [5.41, 5.74) is -0.550. The van der Waals surface area contributed by atoms with E-state index in [-0.39, 0.29) is 11.4 Å². The summed E-state index contributed by atoms with van der Waals surface area (Å²) < 4.78 is 5.04. The van der Waals surface area contributed by atoms with Gasteiger partial charge in [-0.3, -0.25) is 4.79 Å². The van der Waals surface area contributed by atoms with Crippen molar-refractivity contribution in [1.29, 1.82) is 0 Å². The lowest BCUT2D eigenvalue weighted by molar-refractivity contribution is -0.159. The third kappa shape index (κ3) is 2.70. The van der Waals surface area contributed by atoms with Crippen molar-refractivity contribution in [2.75, 3.05) is 11.9 Å². The molecule has 0 atom stereocenters. The lowest BCUT2D eigenvalue weighted by Gasteiger charge is -2.37. The Kier molecular flexibility index (Phi) is 4.43. The molecule has 13 heavy (non-hydrogen) atoms. The number of esters is 1. The van der Waals surface area contributed by atoms with E-state index in [1.54, 1.807) is 0 Å². The molecular formula is C10H19BrO2. The maximum absolute atomic E-state index is 11.6. The van der Waals surface area contributed by atoms with Crippen molar-refractivity contribution in [3.05, 3.63) is 0 Å². The topological polar surface area (TPSA) is 26.3 Å². The van der Waals surface area contributed by atoms with Gasteiger partial charge in [0.15, 0.2) is 0 Å². The number of halogens is 1. The summed E-state index contributed by atoms with van der Waals surface area (Å²) in [5.74, 6) is -0.126. The molecule has 0 rings (SSSR count). The van der Waals surface area contributed by atoms with Gasteiger partial charge in [0, 0.05) is 5.33 Å². The van der Waals surface area contributed by atoms with Gasteiger partial charge in [-0.1, -0.05) is 29.8 Å². The molecule has 0 aromatic rings. The van der Waals surface area contributed by atoms with Crippen molar-refractivity contribution in [1.82, 2.24) is 0 Å². The van der Waals surface area contributed by atoms with Gasteiger partial charge in [-0.05, 0) is 26.2 Å². The van der Waals surface area contributed by atoms with Crippen LogP contribution in [0.5, 0.6) is 0 Å². The van der Waals surface area contributed by atoms with Crippen LogP contribution in [0.3, 0.4) is 0 Å². The molecule has 0 aliphatic heterocycles. The molecule has 0 bridgehead atoms. The van der Waals surface area contributed by atoms with E-state index < -0.39 is 5.41 Å². The van der Waals surface area contributed by atoms with Crippen LogP contribution in [-0.4, -0.2) is 17.9 Å². The van der Waals surface area contributed by atoms with Gasteiger partial charge in [0.05, 0.1) is 12.0 Å². The van der Waals surface area contributed by atoms with Gasteiger partial charge in [0.2, 0.25) is 0 Å². The van der Waals surface area contributed by atoms with Gasteiger partial charge in [-0.25, -0.2) is 0 Å². The highest BCUT2D eigenvalue weighted by Crippen LogP contribution is 2.40. The Hall–Kier alpha value is -0.0500. The van der Waals surface area contributed by atoms with E-state index in [2.05, 4.69) is 29.8 Å². The predicted molar refractivity (Wildman–Crippen MR) is 58.0 cm³/mol. The summed E-state index contributed by atoms with van der Waals surface area (Å²) >= 11 is 3.42. The summed E-state index contributed by atoms with van der Waals surface area (Å²) in [6, 6.07) is 0. The van der Waals surface area contributed by atoms with Crippen molar-refractivity contribution >= 4 is 21.9 Å². The molecule has 0 saturated carbocycles. The molecule has 2 nitrogen and oxygen atoms in total. The molecule has 0 unspecified atom stereocenters. The fourth-order valence-electron chi connectivity index (χ4n) is 0.755. The lowest BCUT2D eigenvalue weighted by Crippen LogP contribution is -2.41. The average Bonchev–Trinajstić information content (AvgIpc) is 2.04. The fourth-order valence-corrected chi connectivity index (χ4v) is 1.46. The van der Waals surface area contributed by atoms with Gasteiger partial charge in [-0.15, -0.1) is 0 Å². The zero-order valence-corrected chi connectivity index (χ0v) is 10.7. The molecular weight excluding hydrogens is 232 g/mol. The van der Waals surface area contributed by atoms with Crippen LogP contribution in [-0.2, 0) is 9.53 Å². The minimum Gasteiger partial charge on any atom is -0.466 e. The van der Waals surface area contributed by atoms with Crippen molar-refractivity contribution in [2.24, 2.45) is 10.8 Å². The van der Waals surface area contributed by atoms with Gasteiger partial charge in [0.1, 0.15) is 0 Å². The SMILES string of the molecule is CCOC(=O)C(C)(C)C(C)(C)CBr. The summed E-state index contributed by atoms with van der Waals surface area (Å²) in [7, 11) is 0. The number of hydrogen-bond acceptors (Lipinski definition) is 2. The third-order valence-electron chi connectivity index (χ3n) is 2.81. The smallest absolute Gasteiger partial charge is 0.312 e. The maximum Gasteiger partial charge on any atom is 0.312 e. The van der Waals surface area contributed by atoms with Crippen LogP contribution in [0.15, 0.2) is 0 Å². The summed E-state index contributed by atoms with van der Waals surface area (Å²) in [5, 5.41) is 0.784.